The Hall–Kier alpha value is -3.55. The Morgan fingerprint density at radius 3 is 2.37 bits per heavy atom. The van der Waals surface area contributed by atoms with Crippen molar-refractivity contribution >= 4 is 29.1 Å². The molecule has 0 bridgehead atoms. The summed E-state index contributed by atoms with van der Waals surface area (Å²) in [6.45, 7) is 2.70. The van der Waals surface area contributed by atoms with Gasteiger partial charge in [-0.1, -0.05) is 12.1 Å². The van der Waals surface area contributed by atoms with Crippen LogP contribution in [0, 0.1) is 6.92 Å². The molecule has 0 unspecified atom stereocenters. The Morgan fingerprint density at radius 2 is 1.77 bits per heavy atom. The van der Waals surface area contributed by atoms with Crippen molar-refractivity contribution in [3.8, 4) is 11.5 Å². The third-order valence-electron chi connectivity index (χ3n) is 4.97. The molecule has 1 fully saturated rings. The van der Waals surface area contributed by atoms with Crippen molar-refractivity contribution in [2.45, 2.75) is 26.3 Å². The van der Waals surface area contributed by atoms with Crippen LogP contribution in [0.1, 0.15) is 24.0 Å². The molecule has 2 aromatic rings. The van der Waals surface area contributed by atoms with Crippen LogP contribution in [0.2, 0.25) is 0 Å². The maximum Gasteiger partial charge on any atom is 0.313 e. The van der Waals surface area contributed by atoms with E-state index >= 15 is 0 Å². The molecule has 0 spiro atoms. The monoisotopic (exact) mass is 411 g/mol. The molecule has 0 saturated carbocycles. The van der Waals surface area contributed by atoms with Gasteiger partial charge in [0.25, 0.3) is 0 Å². The number of methoxy groups -OCH3 is 2. The second kappa shape index (κ2) is 9.30. The lowest BCUT2D eigenvalue weighted by Crippen LogP contribution is -2.35. The first kappa shape index (κ1) is 21.2. The second-order valence-electron chi connectivity index (χ2n) is 6.96. The maximum atomic E-state index is 12.3. The molecular formula is C22H25N3O5. The number of hydrogen-bond acceptors (Lipinski definition) is 5. The predicted molar refractivity (Wildman–Crippen MR) is 113 cm³/mol. The lowest BCUT2D eigenvalue weighted by molar-refractivity contribution is -0.136. The van der Waals surface area contributed by atoms with Gasteiger partial charge in [0.05, 0.1) is 14.2 Å². The highest BCUT2D eigenvalue weighted by Crippen LogP contribution is 2.31. The molecule has 0 radical (unpaired) electrons. The van der Waals surface area contributed by atoms with Gasteiger partial charge in [-0.25, -0.2) is 0 Å². The van der Waals surface area contributed by atoms with Gasteiger partial charge in [-0.05, 0) is 31.0 Å². The van der Waals surface area contributed by atoms with E-state index in [1.807, 2.05) is 31.2 Å². The number of hydrogen-bond donors (Lipinski definition) is 2. The summed E-state index contributed by atoms with van der Waals surface area (Å²) in [5.74, 6) is -0.388. The number of nitrogens with one attached hydrogen (secondary N) is 2. The van der Waals surface area contributed by atoms with Gasteiger partial charge in [0.15, 0.2) is 0 Å². The van der Waals surface area contributed by atoms with Crippen molar-refractivity contribution in [3.63, 3.8) is 0 Å². The van der Waals surface area contributed by atoms with Crippen LogP contribution in [0.5, 0.6) is 11.5 Å². The number of rotatable bonds is 6. The smallest absolute Gasteiger partial charge is 0.313 e. The van der Waals surface area contributed by atoms with E-state index in [4.69, 9.17) is 9.47 Å². The fraction of sp³-hybridized carbons (Fsp3) is 0.318. The minimum atomic E-state index is -0.797. The van der Waals surface area contributed by atoms with E-state index in [-0.39, 0.29) is 12.5 Å². The molecule has 2 N–H and O–H groups in total. The molecular weight excluding hydrogens is 386 g/mol. The minimum absolute atomic E-state index is 0.0968. The van der Waals surface area contributed by atoms with Crippen LogP contribution in [0.15, 0.2) is 36.4 Å². The Bertz CT molecular complexity index is 948. The summed E-state index contributed by atoms with van der Waals surface area (Å²) in [6.07, 6.45) is 1.39. The molecule has 0 aliphatic carbocycles. The third kappa shape index (κ3) is 4.71. The van der Waals surface area contributed by atoms with Gasteiger partial charge >= 0.3 is 11.8 Å². The van der Waals surface area contributed by atoms with E-state index in [9.17, 15) is 14.4 Å². The fourth-order valence-corrected chi connectivity index (χ4v) is 3.36. The summed E-state index contributed by atoms with van der Waals surface area (Å²) >= 11 is 0. The molecule has 30 heavy (non-hydrogen) atoms. The van der Waals surface area contributed by atoms with E-state index in [0.29, 0.717) is 30.2 Å². The Balaban J connectivity index is 1.62. The zero-order chi connectivity index (χ0) is 21.7. The average molecular weight is 411 g/mol. The van der Waals surface area contributed by atoms with E-state index in [2.05, 4.69) is 10.6 Å². The number of benzene rings is 2. The van der Waals surface area contributed by atoms with Crippen LogP contribution >= 0.6 is 0 Å². The average Bonchev–Trinajstić information content (AvgIpc) is 3.19. The number of ether oxygens (including phenoxy) is 2. The van der Waals surface area contributed by atoms with Crippen LogP contribution in [-0.2, 0) is 20.9 Å². The van der Waals surface area contributed by atoms with Crippen LogP contribution in [-0.4, -0.2) is 38.5 Å². The summed E-state index contributed by atoms with van der Waals surface area (Å²) < 4.78 is 10.6. The predicted octanol–water partition coefficient (Wildman–Crippen LogP) is 2.39. The first-order valence-corrected chi connectivity index (χ1v) is 9.64. The highest BCUT2D eigenvalue weighted by Gasteiger charge is 2.22. The van der Waals surface area contributed by atoms with Crippen molar-refractivity contribution in [1.82, 2.24) is 5.32 Å². The van der Waals surface area contributed by atoms with Crippen molar-refractivity contribution in [2.75, 3.05) is 31.0 Å². The Morgan fingerprint density at radius 1 is 1.07 bits per heavy atom. The summed E-state index contributed by atoms with van der Waals surface area (Å²) in [5, 5.41) is 5.15. The molecule has 1 aliphatic heterocycles. The first-order valence-electron chi connectivity index (χ1n) is 9.64. The number of amides is 3. The van der Waals surface area contributed by atoms with E-state index < -0.39 is 11.8 Å². The van der Waals surface area contributed by atoms with E-state index in [1.165, 1.54) is 14.2 Å². The third-order valence-corrected chi connectivity index (χ3v) is 4.97. The second-order valence-corrected chi connectivity index (χ2v) is 6.96. The molecule has 0 atom stereocenters. The van der Waals surface area contributed by atoms with Crippen LogP contribution < -0.4 is 25.0 Å². The molecule has 1 heterocycles. The molecule has 3 amide bonds. The van der Waals surface area contributed by atoms with Gasteiger partial charge < -0.3 is 25.0 Å². The molecule has 0 aromatic heterocycles. The SMILES string of the molecule is COc1cc(NC(=O)C(=O)NCc2cccc(N3CCCC3=O)c2)cc(OC)c1C. The van der Waals surface area contributed by atoms with Gasteiger partial charge in [0, 0.05) is 48.6 Å². The molecule has 2 aromatic carbocycles. The number of carbonyl (C=O) groups is 3. The molecule has 1 aliphatic rings. The van der Waals surface area contributed by atoms with Crippen molar-refractivity contribution in [3.05, 3.63) is 47.5 Å². The largest absolute Gasteiger partial charge is 0.496 e. The summed E-state index contributed by atoms with van der Waals surface area (Å²) in [4.78, 5) is 38.2. The van der Waals surface area contributed by atoms with Crippen molar-refractivity contribution in [2.24, 2.45) is 0 Å². The maximum absolute atomic E-state index is 12.3. The summed E-state index contributed by atoms with van der Waals surface area (Å²) in [6, 6.07) is 10.6. The van der Waals surface area contributed by atoms with Crippen LogP contribution in [0.3, 0.4) is 0 Å². The zero-order valence-corrected chi connectivity index (χ0v) is 17.3. The Labute approximate surface area is 175 Å². The highest BCUT2D eigenvalue weighted by molar-refractivity contribution is 6.39. The van der Waals surface area contributed by atoms with Gasteiger partial charge in [-0.15, -0.1) is 0 Å². The zero-order valence-electron chi connectivity index (χ0n) is 17.3. The molecule has 8 heteroatoms. The van der Waals surface area contributed by atoms with Gasteiger partial charge in [0.2, 0.25) is 5.91 Å². The molecule has 1 saturated heterocycles. The van der Waals surface area contributed by atoms with E-state index in [1.54, 1.807) is 17.0 Å². The number of nitrogens with zero attached hydrogens (tertiary/aromatic N) is 1. The van der Waals surface area contributed by atoms with Gasteiger partial charge in [-0.3, -0.25) is 14.4 Å². The summed E-state index contributed by atoms with van der Waals surface area (Å²) in [7, 11) is 3.04. The van der Waals surface area contributed by atoms with Crippen molar-refractivity contribution < 1.29 is 23.9 Å². The number of carbonyl (C=O) groups excluding carboxylic acids is 3. The highest BCUT2D eigenvalue weighted by atomic mass is 16.5. The summed E-state index contributed by atoms with van der Waals surface area (Å²) in [5.41, 5.74) is 2.78. The lowest BCUT2D eigenvalue weighted by atomic mass is 10.1. The minimum Gasteiger partial charge on any atom is -0.496 e. The first-order chi connectivity index (χ1) is 14.4. The normalized spacial score (nSPS) is 13.2. The van der Waals surface area contributed by atoms with Crippen molar-refractivity contribution in [1.29, 1.82) is 0 Å². The number of anilines is 2. The standard InChI is InChI=1S/C22H25N3O5/c1-14-18(29-2)11-16(12-19(14)30-3)24-22(28)21(27)23-13-15-6-4-7-17(10-15)25-9-5-8-20(25)26/h4,6-7,10-12H,5,8-9,13H2,1-3H3,(H,23,27)(H,24,28). The fourth-order valence-electron chi connectivity index (χ4n) is 3.36. The molecule has 3 rings (SSSR count). The van der Waals surface area contributed by atoms with Gasteiger partial charge in [-0.2, -0.15) is 0 Å². The molecule has 8 nitrogen and oxygen atoms in total. The van der Waals surface area contributed by atoms with Crippen LogP contribution in [0.4, 0.5) is 11.4 Å². The lowest BCUT2D eigenvalue weighted by Gasteiger charge is -2.16. The van der Waals surface area contributed by atoms with Gasteiger partial charge in [0.1, 0.15) is 11.5 Å². The Kier molecular flexibility index (Phi) is 6.56. The topological polar surface area (TPSA) is 97.0 Å². The van der Waals surface area contributed by atoms with Crippen LogP contribution in [0.25, 0.3) is 0 Å². The van der Waals surface area contributed by atoms with E-state index in [0.717, 1.165) is 23.2 Å². The molecule has 158 valence electrons. The quantitative estimate of drug-likeness (QED) is 0.712.